The Morgan fingerprint density at radius 2 is 1.85 bits per heavy atom. The van der Waals surface area contributed by atoms with Crippen LogP contribution in [-0.4, -0.2) is 19.1 Å². The normalized spacial score (nSPS) is 14.2. The summed E-state index contributed by atoms with van der Waals surface area (Å²) in [6.45, 7) is 3.65. The maximum absolute atomic E-state index is 12.4. The number of methoxy groups -OCH3 is 1. The lowest BCUT2D eigenvalue weighted by atomic mass is 9.93. The van der Waals surface area contributed by atoms with Gasteiger partial charge in [-0.25, -0.2) is 0 Å². The number of alkyl halides is 3. The number of hydrogen-bond acceptors (Lipinski definition) is 4. The third kappa shape index (κ3) is 4.99. The van der Waals surface area contributed by atoms with E-state index in [9.17, 15) is 13.2 Å². The molecule has 3 N–H and O–H groups in total. The molecule has 0 aliphatic rings. The van der Waals surface area contributed by atoms with Gasteiger partial charge in [0, 0.05) is 12.7 Å². The lowest BCUT2D eigenvalue weighted by Gasteiger charge is -2.29. The van der Waals surface area contributed by atoms with Crippen molar-refractivity contribution in [2.45, 2.75) is 38.3 Å². The molecule has 0 fully saturated rings. The molecule has 1 atom stereocenters. The quantitative estimate of drug-likeness (QED) is 0.625. The van der Waals surface area contributed by atoms with Gasteiger partial charge in [-0.3, -0.25) is 11.3 Å². The number of nitrogens with one attached hydrogen (secondary N) is 1. The number of nitrogens with two attached hydrogens (primary N) is 1. The predicted octanol–water partition coefficient (Wildman–Crippen LogP) is 2.90. The fourth-order valence-corrected chi connectivity index (χ4v) is 1.82. The van der Waals surface area contributed by atoms with Crippen molar-refractivity contribution < 1.29 is 22.6 Å². The Kier molecular flexibility index (Phi) is 5.38. The van der Waals surface area contributed by atoms with E-state index in [0.717, 1.165) is 0 Å². The van der Waals surface area contributed by atoms with Gasteiger partial charge in [-0.2, -0.15) is 0 Å². The van der Waals surface area contributed by atoms with E-state index >= 15 is 0 Å². The minimum Gasteiger partial charge on any atom is -0.405 e. The highest BCUT2D eigenvalue weighted by Gasteiger charge is 2.33. The number of benzene rings is 1. The molecule has 0 amide bonds. The molecule has 0 spiro atoms. The van der Waals surface area contributed by atoms with Gasteiger partial charge in [-0.1, -0.05) is 18.2 Å². The van der Waals surface area contributed by atoms with E-state index in [1.807, 2.05) is 13.8 Å². The van der Waals surface area contributed by atoms with Crippen molar-refractivity contribution in [2.75, 3.05) is 7.11 Å². The summed E-state index contributed by atoms with van der Waals surface area (Å²) in [5, 5.41) is 0. The monoisotopic (exact) mass is 292 g/mol. The molecule has 1 aromatic carbocycles. The fourth-order valence-electron chi connectivity index (χ4n) is 1.82. The second-order valence-electron chi connectivity index (χ2n) is 4.97. The van der Waals surface area contributed by atoms with Crippen molar-refractivity contribution in [2.24, 2.45) is 5.84 Å². The van der Waals surface area contributed by atoms with E-state index in [2.05, 4.69) is 10.2 Å². The SMILES string of the molecule is COC(C)(C)CC(NN)c1ccccc1OC(F)(F)F. The molecule has 20 heavy (non-hydrogen) atoms. The zero-order valence-corrected chi connectivity index (χ0v) is 11.6. The molecule has 0 saturated heterocycles. The first kappa shape index (κ1) is 16.7. The van der Waals surface area contributed by atoms with Crippen molar-refractivity contribution >= 4 is 0 Å². The minimum absolute atomic E-state index is 0.269. The van der Waals surface area contributed by atoms with Crippen LogP contribution < -0.4 is 16.0 Å². The van der Waals surface area contributed by atoms with Crippen LogP contribution in [-0.2, 0) is 4.74 Å². The molecule has 7 heteroatoms. The second kappa shape index (κ2) is 6.43. The molecule has 0 aliphatic heterocycles. The molecule has 4 nitrogen and oxygen atoms in total. The van der Waals surface area contributed by atoms with E-state index in [0.29, 0.717) is 12.0 Å². The van der Waals surface area contributed by atoms with Gasteiger partial charge in [0.25, 0.3) is 0 Å². The molecule has 1 aromatic rings. The summed E-state index contributed by atoms with van der Waals surface area (Å²) < 4.78 is 46.5. The molecule has 0 aromatic heterocycles. The average molecular weight is 292 g/mol. The number of hydrazine groups is 1. The van der Waals surface area contributed by atoms with Crippen LogP contribution in [0.1, 0.15) is 31.9 Å². The molecule has 1 unspecified atom stereocenters. The van der Waals surface area contributed by atoms with Crippen molar-refractivity contribution in [1.82, 2.24) is 5.43 Å². The first-order chi connectivity index (χ1) is 9.18. The van der Waals surface area contributed by atoms with Crippen LogP contribution in [0.2, 0.25) is 0 Å². The van der Waals surface area contributed by atoms with Crippen LogP contribution >= 0.6 is 0 Å². The first-order valence-corrected chi connectivity index (χ1v) is 6.04. The van der Waals surface area contributed by atoms with Crippen molar-refractivity contribution in [3.05, 3.63) is 29.8 Å². The number of hydrogen-bond donors (Lipinski definition) is 2. The molecule has 114 valence electrons. The highest BCUT2D eigenvalue weighted by atomic mass is 19.4. The van der Waals surface area contributed by atoms with Crippen molar-refractivity contribution in [3.63, 3.8) is 0 Å². The van der Waals surface area contributed by atoms with Crippen LogP contribution in [0.25, 0.3) is 0 Å². The summed E-state index contributed by atoms with van der Waals surface area (Å²) in [5.74, 6) is 5.19. The topological polar surface area (TPSA) is 56.5 Å². The van der Waals surface area contributed by atoms with Gasteiger partial charge in [-0.15, -0.1) is 13.2 Å². The van der Waals surface area contributed by atoms with Crippen LogP contribution in [0.3, 0.4) is 0 Å². The number of halogens is 3. The van der Waals surface area contributed by atoms with Crippen LogP contribution in [0.4, 0.5) is 13.2 Å². The molecule has 0 aliphatic carbocycles. The van der Waals surface area contributed by atoms with Gasteiger partial charge in [0.2, 0.25) is 0 Å². The number of ether oxygens (including phenoxy) is 2. The van der Waals surface area contributed by atoms with Gasteiger partial charge in [0.15, 0.2) is 0 Å². The lowest BCUT2D eigenvalue weighted by molar-refractivity contribution is -0.275. The summed E-state index contributed by atoms with van der Waals surface area (Å²) in [7, 11) is 1.53. The Labute approximate surface area is 116 Å². The van der Waals surface area contributed by atoms with E-state index < -0.39 is 18.0 Å². The van der Waals surface area contributed by atoms with Gasteiger partial charge in [0.05, 0.1) is 11.6 Å². The van der Waals surface area contributed by atoms with Crippen LogP contribution in [0.15, 0.2) is 24.3 Å². The molecule has 0 bridgehead atoms. The molecular weight excluding hydrogens is 273 g/mol. The Morgan fingerprint density at radius 1 is 1.25 bits per heavy atom. The summed E-state index contributed by atoms with van der Waals surface area (Å²) >= 11 is 0. The molecule has 0 saturated carbocycles. The van der Waals surface area contributed by atoms with E-state index in [4.69, 9.17) is 10.6 Å². The maximum Gasteiger partial charge on any atom is 0.573 e. The first-order valence-electron chi connectivity index (χ1n) is 6.04. The Balaban J connectivity index is 3.03. The molecule has 1 rings (SSSR count). The predicted molar refractivity (Wildman–Crippen MR) is 68.9 cm³/mol. The van der Waals surface area contributed by atoms with Gasteiger partial charge in [-0.05, 0) is 26.3 Å². The van der Waals surface area contributed by atoms with Crippen molar-refractivity contribution in [1.29, 1.82) is 0 Å². The maximum atomic E-state index is 12.4. The van der Waals surface area contributed by atoms with Gasteiger partial charge < -0.3 is 9.47 Å². The lowest BCUT2D eigenvalue weighted by Crippen LogP contribution is -2.36. The highest BCUT2D eigenvalue weighted by Crippen LogP contribution is 2.34. The van der Waals surface area contributed by atoms with Gasteiger partial charge in [0.1, 0.15) is 5.75 Å². The molecule has 0 radical (unpaired) electrons. The molecular formula is C13H19F3N2O2. The van der Waals surface area contributed by atoms with Crippen LogP contribution in [0.5, 0.6) is 5.75 Å². The smallest absolute Gasteiger partial charge is 0.405 e. The Hall–Kier alpha value is -1.31. The zero-order chi connectivity index (χ0) is 15.4. The largest absolute Gasteiger partial charge is 0.573 e. The molecule has 0 heterocycles. The zero-order valence-electron chi connectivity index (χ0n) is 11.6. The Morgan fingerprint density at radius 3 is 2.35 bits per heavy atom. The summed E-state index contributed by atoms with van der Waals surface area (Å²) in [6.07, 6.45) is -4.36. The van der Waals surface area contributed by atoms with E-state index in [1.54, 1.807) is 6.07 Å². The number of para-hydroxylation sites is 1. The van der Waals surface area contributed by atoms with Crippen LogP contribution in [0, 0.1) is 0 Å². The van der Waals surface area contributed by atoms with Crippen molar-refractivity contribution in [3.8, 4) is 5.75 Å². The van der Waals surface area contributed by atoms with E-state index in [-0.39, 0.29) is 5.75 Å². The average Bonchev–Trinajstić information content (AvgIpc) is 2.35. The standard InChI is InChI=1S/C13H19F3N2O2/c1-12(2,19-3)8-10(18-17)9-6-4-5-7-11(9)20-13(14,15)16/h4-7,10,18H,8,17H2,1-3H3. The second-order valence-corrected chi connectivity index (χ2v) is 4.97. The summed E-state index contributed by atoms with van der Waals surface area (Å²) in [4.78, 5) is 0. The third-order valence-electron chi connectivity index (χ3n) is 2.97. The summed E-state index contributed by atoms with van der Waals surface area (Å²) in [6, 6.07) is 5.37. The van der Waals surface area contributed by atoms with E-state index in [1.165, 1.54) is 25.3 Å². The summed E-state index contributed by atoms with van der Waals surface area (Å²) in [5.41, 5.74) is 2.30. The minimum atomic E-state index is -4.74. The third-order valence-corrected chi connectivity index (χ3v) is 2.97. The highest BCUT2D eigenvalue weighted by molar-refractivity contribution is 5.36. The van der Waals surface area contributed by atoms with Gasteiger partial charge >= 0.3 is 6.36 Å². The Bertz CT molecular complexity index is 436. The number of rotatable bonds is 6. The fraction of sp³-hybridized carbons (Fsp3) is 0.538.